The monoisotopic (exact) mass is 293 g/mol. The van der Waals surface area contributed by atoms with Crippen LogP contribution in [0.1, 0.15) is 15.4 Å². The highest BCUT2D eigenvalue weighted by atomic mass is 32.1. The topological polar surface area (TPSA) is 101 Å². The molecule has 20 heavy (non-hydrogen) atoms. The maximum atomic E-state index is 12.0. The number of hydrogen-bond donors (Lipinski definition) is 2. The van der Waals surface area contributed by atoms with Crippen LogP contribution < -0.4 is 10.1 Å². The molecule has 104 valence electrons. The van der Waals surface area contributed by atoms with E-state index in [1.165, 1.54) is 7.11 Å². The first-order valence-electron chi connectivity index (χ1n) is 5.58. The first-order chi connectivity index (χ1) is 9.58. The minimum atomic E-state index is -0.994. The molecule has 1 aromatic heterocycles. The summed E-state index contributed by atoms with van der Waals surface area (Å²) in [7, 11) is 1.51. The van der Waals surface area contributed by atoms with Gasteiger partial charge in [0.1, 0.15) is 10.8 Å². The third kappa shape index (κ3) is 3.51. The quantitative estimate of drug-likeness (QED) is 0.864. The van der Waals surface area contributed by atoms with E-state index in [0.717, 1.165) is 11.3 Å². The molecule has 0 saturated heterocycles. The van der Waals surface area contributed by atoms with Crippen LogP contribution in [0.3, 0.4) is 0 Å². The van der Waals surface area contributed by atoms with Gasteiger partial charge in [-0.1, -0.05) is 17.4 Å². The summed E-state index contributed by atoms with van der Waals surface area (Å²) >= 11 is 1.03. The van der Waals surface area contributed by atoms with E-state index in [-0.39, 0.29) is 17.5 Å². The van der Waals surface area contributed by atoms with E-state index in [1.54, 1.807) is 24.3 Å². The summed E-state index contributed by atoms with van der Waals surface area (Å²) < 4.78 is 5.03. The standard InChI is InChI=1S/C12H11N3O4S/c1-19-8-4-2-3-7(5-8)11(18)13-12-15-14-9(20-12)6-10(16)17/h2-5H,6H2,1H3,(H,16,17)(H,13,15,18). The zero-order valence-electron chi connectivity index (χ0n) is 10.5. The number of carbonyl (C=O) groups excluding carboxylic acids is 1. The van der Waals surface area contributed by atoms with E-state index in [2.05, 4.69) is 15.5 Å². The molecule has 0 unspecified atom stereocenters. The molecule has 7 nitrogen and oxygen atoms in total. The Kier molecular flexibility index (Phi) is 4.26. The lowest BCUT2D eigenvalue weighted by molar-refractivity contribution is -0.136. The molecule has 0 atom stereocenters. The third-order valence-corrected chi connectivity index (χ3v) is 3.16. The maximum Gasteiger partial charge on any atom is 0.310 e. The average Bonchev–Trinajstić information content (AvgIpc) is 2.85. The van der Waals surface area contributed by atoms with Crippen LogP contribution in [0.2, 0.25) is 0 Å². The number of nitrogens with zero attached hydrogens (tertiary/aromatic N) is 2. The molecule has 2 rings (SSSR count). The van der Waals surface area contributed by atoms with Crippen molar-refractivity contribution in [3.63, 3.8) is 0 Å². The number of hydrogen-bond acceptors (Lipinski definition) is 6. The molecule has 0 bridgehead atoms. The highest BCUT2D eigenvalue weighted by molar-refractivity contribution is 7.15. The summed E-state index contributed by atoms with van der Waals surface area (Å²) in [5.74, 6) is -0.782. The van der Waals surface area contributed by atoms with Gasteiger partial charge in [0, 0.05) is 5.56 Å². The average molecular weight is 293 g/mol. The van der Waals surface area contributed by atoms with Crippen molar-refractivity contribution in [3.8, 4) is 5.75 Å². The minimum Gasteiger partial charge on any atom is -0.497 e. The van der Waals surface area contributed by atoms with E-state index in [4.69, 9.17) is 9.84 Å². The largest absolute Gasteiger partial charge is 0.497 e. The second-order valence-electron chi connectivity index (χ2n) is 3.76. The Morgan fingerprint density at radius 3 is 2.90 bits per heavy atom. The smallest absolute Gasteiger partial charge is 0.310 e. The first-order valence-corrected chi connectivity index (χ1v) is 6.39. The van der Waals surface area contributed by atoms with E-state index in [9.17, 15) is 9.59 Å². The predicted molar refractivity (Wildman–Crippen MR) is 72.2 cm³/mol. The van der Waals surface area contributed by atoms with E-state index in [0.29, 0.717) is 16.3 Å². The minimum absolute atomic E-state index is 0.216. The van der Waals surface area contributed by atoms with Crippen molar-refractivity contribution in [1.29, 1.82) is 0 Å². The summed E-state index contributed by atoms with van der Waals surface area (Å²) in [6.45, 7) is 0. The highest BCUT2D eigenvalue weighted by Gasteiger charge is 2.12. The van der Waals surface area contributed by atoms with E-state index < -0.39 is 5.97 Å². The lowest BCUT2D eigenvalue weighted by Gasteiger charge is -2.03. The van der Waals surface area contributed by atoms with Crippen LogP contribution in [0.15, 0.2) is 24.3 Å². The molecule has 0 aliphatic rings. The molecule has 0 aliphatic heterocycles. The molecule has 8 heteroatoms. The zero-order chi connectivity index (χ0) is 14.5. The van der Waals surface area contributed by atoms with Gasteiger partial charge in [-0.2, -0.15) is 0 Å². The lowest BCUT2D eigenvalue weighted by atomic mass is 10.2. The highest BCUT2D eigenvalue weighted by Crippen LogP contribution is 2.18. The van der Waals surface area contributed by atoms with Crippen molar-refractivity contribution < 1.29 is 19.4 Å². The summed E-state index contributed by atoms with van der Waals surface area (Å²) in [6, 6.07) is 6.65. The molecule has 1 aromatic carbocycles. The van der Waals surface area contributed by atoms with Gasteiger partial charge < -0.3 is 9.84 Å². The number of methoxy groups -OCH3 is 1. The molecular weight excluding hydrogens is 282 g/mol. The number of aromatic nitrogens is 2. The molecule has 0 radical (unpaired) electrons. The third-order valence-electron chi connectivity index (χ3n) is 2.32. The number of rotatable bonds is 5. The maximum absolute atomic E-state index is 12.0. The van der Waals surface area contributed by atoms with Gasteiger partial charge in [-0.25, -0.2) is 0 Å². The SMILES string of the molecule is COc1cccc(C(=O)Nc2nnc(CC(=O)O)s2)c1. The van der Waals surface area contributed by atoms with Crippen molar-refractivity contribution in [2.75, 3.05) is 12.4 Å². The van der Waals surface area contributed by atoms with Gasteiger partial charge in [-0.05, 0) is 18.2 Å². The van der Waals surface area contributed by atoms with E-state index >= 15 is 0 Å². The van der Waals surface area contributed by atoms with Crippen molar-refractivity contribution in [2.45, 2.75) is 6.42 Å². The van der Waals surface area contributed by atoms with Crippen molar-refractivity contribution in [3.05, 3.63) is 34.8 Å². The number of benzene rings is 1. The van der Waals surface area contributed by atoms with Gasteiger partial charge in [0.25, 0.3) is 5.91 Å². The molecule has 0 fully saturated rings. The number of carboxylic acids is 1. The predicted octanol–water partition coefficient (Wildman–Crippen LogP) is 1.43. The number of carbonyl (C=O) groups is 2. The molecule has 0 saturated carbocycles. The van der Waals surface area contributed by atoms with Crippen molar-refractivity contribution in [2.24, 2.45) is 0 Å². The Balaban J connectivity index is 2.07. The van der Waals surface area contributed by atoms with Crippen LogP contribution in [-0.4, -0.2) is 34.3 Å². The van der Waals surface area contributed by atoms with Crippen LogP contribution in [0.4, 0.5) is 5.13 Å². The summed E-state index contributed by atoms with van der Waals surface area (Å²) in [5, 5.41) is 19.2. The zero-order valence-corrected chi connectivity index (χ0v) is 11.3. The van der Waals surface area contributed by atoms with Crippen LogP contribution in [0.5, 0.6) is 5.75 Å². The van der Waals surface area contributed by atoms with Crippen LogP contribution >= 0.6 is 11.3 Å². The van der Waals surface area contributed by atoms with Gasteiger partial charge in [-0.15, -0.1) is 10.2 Å². The van der Waals surface area contributed by atoms with Gasteiger partial charge in [0.15, 0.2) is 0 Å². The molecule has 2 aromatic rings. The Morgan fingerprint density at radius 2 is 2.20 bits per heavy atom. The Labute approximate surface area is 118 Å². The fourth-order valence-electron chi connectivity index (χ4n) is 1.44. The first kappa shape index (κ1) is 13.9. The van der Waals surface area contributed by atoms with Crippen molar-refractivity contribution in [1.82, 2.24) is 10.2 Å². The van der Waals surface area contributed by atoms with Crippen molar-refractivity contribution >= 4 is 28.3 Å². The Bertz CT molecular complexity index is 641. The van der Waals surface area contributed by atoms with E-state index in [1.807, 2.05) is 0 Å². The second-order valence-corrected chi connectivity index (χ2v) is 4.82. The fraction of sp³-hybridized carbons (Fsp3) is 0.167. The number of nitrogens with one attached hydrogen (secondary N) is 1. The van der Waals surface area contributed by atoms with Gasteiger partial charge >= 0.3 is 5.97 Å². The number of carboxylic acid groups (broad SMARTS) is 1. The lowest BCUT2D eigenvalue weighted by Crippen LogP contribution is -2.11. The summed E-state index contributed by atoms with van der Waals surface area (Å²) in [4.78, 5) is 22.5. The van der Waals surface area contributed by atoms with Crippen LogP contribution in [0, 0.1) is 0 Å². The van der Waals surface area contributed by atoms with Gasteiger partial charge in [0.2, 0.25) is 5.13 Å². The summed E-state index contributed by atoms with van der Waals surface area (Å²) in [5.41, 5.74) is 0.416. The number of ether oxygens (including phenoxy) is 1. The molecule has 2 N–H and O–H groups in total. The Morgan fingerprint density at radius 1 is 1.40 bits per heavy atom. The molecule has 0 spiro atoms. The fourth-order valence-corrected chi connectivity index (χ4v) is 2.16. The molecule has 1 amide bonds. The van der Waals surface area contributed by atoms with Gasteiger partial charge in [-0.3, -0.25) is 14.9 Å². The van der Waals surface area contributed by atoms with Crippen LogP contribution in [-0.2, 0) is 11.2 Å². The summed E-state index contributed by atoms with van der Waals surface area (Å²) in [6.07, 6.45) is -0.216. The number of amides is 1. The normalized spacial score (nSPS) is 10.1. The number of aliphatic carboxylic acids is 1. The second kappa shape index (κ2) is 6.11. The number of anilines is 1. The van der Waals surface area contributed by atoms with Crippen LogP contribution in [0.25, 0.3) is 0 Å². The van der Waals surface area contributed by atoms with Gasteiger partial charge in [0.05, 0.1) is 13.5 Å². The molecule has 1 heterocycles. The molecular formula is C12H11N3O4S. The Hall–Kier alpha value is -2.48. The molecule has 0 aliphatic carbocycles.